The van der Waals surface area contributed by atoms with Crippen LogP contribution in [0.5, 0.6) is 0 Å². The second-order valence-electron chi connectivity index (χ2n) is 5.08. The molecule has 1 atom stereocenters. The van der Waals surface area contributed by atoms with Crippen LogP contribution in [0.25, 0.3) is 0 Å². The van der Waals surface area contributed by atoms with Crippen LogP contribution in [0.15, 0.2) is 0 Å². The zero-order chi connectivity index (χ0) is 15.1. The minimum Gasteiger partial charge on any atom is -0.373 e. The Kier molecular flexibility index (Phi) is 7.06. The molecule has 0 aromatic carbocycles. The average molecular weight is 273 g/mol. The lowest BCUT2D eigenvalue weighted by atomic mass is 10.2. The summed E-state index contributed by atoms with van der Waals surface area (Å²) in [5.41, 5.74) is 4.51. The first-order valence-electron chi connectivity index (χ1n) is 6.15. The largest absolute Gasteiger partial charge is 0.373 e. The molecule has 0 spiro atoms. The predicted molar refractivity (Wildman–Crippen MR) is 70.1 cm³/mol. The molecule has 3 amide bonds. The average Bonchev–Trinajstić information content (AvgIpc) is 2.29. The summed E-state index contributed by atoms with van der Waals surface area (Å²) in [6.45, 7) is 6.96. The van der Waals surface area contributed by atoms with Gasteiger partial charge in [0.15, 0.2) is 0 Å². The normalized spacial score (nSPS) is 12.6. The number of hydrogen-bond acceptors (Lipinski definition) is 4. The van der Waals surface area contributed by atoms with Crippen molar-refractivity contribution in [2.24, 2.45) is 5.73 Å². The fourth-order valence-corrected chi connectivity index (χ4v) is 1.11. The first-order chi connectivity index (χ1) is 8.65. The number of nitrogens with one attached hydrogen (secondary N) is 2. The van der Waals surface area contributed by atoms with E-state index >= 15 is 0 Å². The molecular formula is C12H23N3O4. The maximum atomic E-state index is 11.8. The molecule has 0 aromatic rings. The summed E-state index contributed by atoms with van der Waals surface area (Å²) >= 11 is 0. The maximum Gasteiger partial charge on any atom is 0.245 e. The van der Waals surface area contributed by atoms with Gasteiger partial charge in [-0.3, -0.25) is 14.4 Å². The van der Waals surface area contributed by atoms with Gasteiger partial charge in [-0.1, -0.05) is 6.92 Å². The minimum atomic E-state index is -0.842. The van der Waals surface area contributed by atoms with Gasteiger partial charge in [0.2, 0.25) is 17.7 Å². The lowest BCUT2D eigenvalue weighted by molar-refractivity contribution is -0.133. The quantitative estimate of drug-likeness (QED) is 0.569. The molecule has 110 valence electrons. The monoisotopic (exact) mass is 273 g/mol. The minimum absolute atomic E-state index is 0.0276. The summed E-state index contributed by atoms with van der Waals surface area (Å²) in [6.07, 6.45) is 0.259. The molecule has 4 N–H and O–H groups in total. The first-order valence-corrected chi connectivity index (χ1v) is 6.15. The standard InChI is InChI=1S/C12H23N3O4/c1-5-10(17)15-8(7-19-12(2,3)4)11(18)14-6-9(13)16/h8H,5-7H2,1-4H3,(H2,13,16)(H,14,18)(H,15,17). The highest BCUT2D eigenvalue weighted by atomic mass is 16.5. The zero-order valence-electron chi connectivity index (χ0n) is 11.9. The first kappa shape index (κ1) is 17.4. The molecule has 0 aliphatic carbocycles. The Hall–Kier alpha value is -1.63. The second kappa shape index (κ2) is 7.73. The summed E-state index contributed by atoms with van der Waals surface area (Å²) in [7, 11) is 0. The van der Waals surface area contributed by atoms with Crippen molar-refractivity contribution in [2.75, 3.05) is 13.2 Å². The van der Waals surface area contributed by atoms with Crippen molar-refractivity contribution in [1.82, 2.24) is 10.6 Å². The van der Waals surface area contributed by atoms with Crippen LogP contribution >= 0.6 is 0 Å². The van der Waals surface area contributed by atoms with Gasteiger partial charge in [0.25, 0.3) is 0 Å². The van der Waals surface area contributed by atoms with Gasteiger partial charge in [0.05, 0.1) is 18.8 Å². The zero-order valence-corrected chi connectivity index (χ0v) is 11.9. The van der Waals surface area contributed by atoms with Gasteiger partial charge in [-0.25, -0.2) is 0 Å². The fourth-order valence-electron chi connectivity index (χ4n) is 1.11. The van der Waals surface area contributed by atoms with E-state index in [1.165, 1.54) is 0 Å². The molecule has 0 aliphatic heterocycles. The number of primary amides is 1. The van der Waals surface area contributed by atoms with Crippen LogP contribution in [0.2, 0.25) is 0 Å². The molecule has 0 saturated carbocycles. The summed E-state index contributed by atoms with van der Waals surface area (Å²) in [5.74, 6) is -1.41. The van der Waals surface area contributed by atoms with Gasteiger partial charge < -0.3 is 21.1 Å². The highest BCUT2D eigenvalue weighted by Gasteiger charge is 2.23. The van der Waals surface area contributed by atoms with Crippen LogP contribution in [0.1, 0.15) is 34.1 Å². The number of ether oxygens (including phenoxy) is 1. The van der Waals surface area contributed by atoms with E-state index in [0.717, 1.165) is 0 Å². The molecule has 19 heavy (non-hydrogen) atoms. The third kappa shape index (κ3) is 9.01. The number of rotatable bonds is 7. The molecule has 0 aromatic heterocycles. The lowest BCUT2D eigenvalue weighted by Gasteiger charge is -2.24. The molecule has 0 saturated heterocycles. The molecule has 0 heterocycles. The van der Waals surface area contributed by atoms with Crippen LogP contribution in [0.4, 0.5) is 0 Å². The van der Waals surface area contributed by atoms with Crippen molar-refractivity contribution >= 4 is 17.7 Å². The van der Waals surface area contributed by atoms with Crippen LogP contribution < -0.4 is 16.4 Å². The van der Waals surface area contributed by atoms with Gasteiger partial charge in [-0.2, -0.15) is 0 Å². The smallest absolute Gasteiger partial charge is 0.245 e. The summed E-state index contributed by atoms with van der Waals surface area (Å²) in [5, 5.41) is 4.87. The van der Waals surface area contributed by atoms with Gasteiger partial charge in [0, 0.05) is 6.42 Å². The SMILES string of the molecule is CCC(=O)NC(COC(C)(C)C)C(=O)NCC(N)=O. The van der Waals surface area contributed by atoms with Crippen molar-refractivity contribution in [2.45, 2.75) is 45.8 Å². The van der Waals surface area contributed by atoms with Crippen molar-refractivity contribution < 1.29 is 19.1 Å². The van der Waals surface area contributed by atoms with E-state index in [1.807, 2.05) is 20.8 Å². The van der Waals surface area contributed by atoms with Crippen LogP contribution in [0, 0.1) is 0 Å². The molecule has 7 nitrogen and oxygen atoms in total. The van der Waals surface area contributed by atoms with Crippen molar-refractivity contribution in [3.63, 3.8) is 0 Å². The van der Waals surface area contributed by atoms with Crippen LogP contribution in [-0.2, 0) is 19.1 Å². The third-order valence-corrected chi connectivity index (χ3v) is 2.09. The van der Waals surface area contributed by atoms with E-state index in [1.54, 1.807) is 6.92 Å². The van der Waals surface area contributed by atoms with Crippen molar-refractivity contribution in [1.29, 1.82) is 0 Å². The highest BCUT2D eigenvalue weighted by molar-refractivity contribution is 5.90. The Morgan fingerprint density at radius 3 is 2.26 bits per heavy atom. The predicted octanol–water partition coefficient (Wildman–Crippen LogP) is -0.702. The number of nitrogens with two attached hydrogens (primary N) is 1. The van der Waals surface area contributed by atoms with Crippen molar-refractivity contribution in [3.8, 4) is 0 Å². The number of hydrogen-bond donors (Lipinski definition) is 3. The molecular weight excluding hydrogens is 250 g/mol. The summed E-state index contributed by atoms with van der Waals surface area (Å²) in [6, 6.07) is -0.842. The molecule has 0 aliphatic rings. The molecule has 0 rings (SSSR count). The van der Waals surface area contributed by atoms with E-state index in [9.17, 15) is 14.4 Å². The molecule has 0 radical (unpaired) electrons. The molecule has 1 unspecified atom stereocenters. The number of carbonyl (C=O) groups excluding carboxylic acids is 3. The topological polar surface area (TPSA) is 111 Å². The Bertz CT molecular complexity index is 336. The Morgan fingerprint density at radius 2 is 1.84 bits per heavy atom. The molecule has 0 bridgehead atoms. The van der Waals surface area contributed by atoms with Gasteiger partial charge >= 0.3 is 0 Å². The van der Waals surface area contributed by atoms with E-state index < -0.39 is 23.5 Å². The lowest BCUT2D eigenvalue weighted by Crippen LogP contribution is -2.51. The summed E-state index contributed by atoms with van der Waals surface area (Å²) < 4.78 is 5.47. The molecule has 7 heteroatoms. The van der Waals surface area contributed by atoms with E-state index in [-0.39, 0.29) is 25.5 Å². The molecule has 0 fully saturated rings. The Balaban J connectivity index is 4.51. The highest BCUT2D eigenvalue weighted by Crippen LogP contribution is 2.07. The second-order valence-corrected chi connectivity index (χ2v) is 5.08. The maximum absolute atomic E-state index is 11.8. The number of amides is 3. The van der Waals surface area contributed by atoms with Gasteiger partial charge in [0.1, 0.15) is 6.04 Å². The third-order valence-electron chi connectivity index (χ3n) is 2.09. The van der Waals surface area contributed by atoms with E-state index in [4.69, 9.17) is 10.5 Å². The Labute approximate surface area is 113 Å². The van der Waals surface area contributed by atoms with Crippen LogP contribution in [-0.4, -0.2) is 42.5 Å². The van der Waals surface area contributed by atoms with Gasteiger partial charge in [-0.15, -0.1) is 0 Å². The fraction of sp³-hybridized carbons (Fsp3) is 0.750. The van der Waals surface area contributed by atoms with Gasteiger partial charge in [-0.05, 0) is 20.8 Å². The van der Waals surface area contributed by atoms with Crippen LogP contribution in [0.3, 0.4) is 0 Å². The van der Waals surface area contributed by atoms with Crippen molar-refractivity contribution in [3.05, 3.63) is 0 Å². The van der Waals surface area contributed by atoms with E-state index in [0.29, 0.717) is 0 Å². The number of carbonyl (C=O) groups is 3. The summed E-state index contributed by atoms with van der Waals surface area (Å²) in [4.78, 5) is 33.8. The van der Waals surface area contributed by atoms with E-state index in [2.05, 4.69) is 10.6 Å². The Morgan fingerprint density at radius 1 is 1.26 bits per heavy atom.